The van der Waals surface area contributed by atoms with Gasteiger partial charge in [0.25, 0.3) is 0 Å². The molecule has 0 aliphatic carbocycles. The molecule has 1 aromatic rings. The Kier molecular flexibility index (Phi) is 5.15. The van der Waals surface area contributed by atoms with Crippen LogP contribution in [0.15, 0.2) is 30.3 Å². The van der Waals surface area contributed by atoms with Crippen LogP contribution in [0.25, 0.3) is 0 Å². The first-order valence-electron chi connectivity index (χ1n) is 9.04. The van der Waals surface area contributed by atoms with Crippen molar-refractivity contribution < 1.29 is 14.4 Å². The number of hydrogen-bond acceptors (Lipinski definition) is 2. The van der Waals surface area contributed by atoms with E-state index in [1.807, 2.05) is 18.2 Å². The lowest BCUT2D eigenvalue weighted by atomic mass is 9.69. The molecule has 1 fully saturated rings. The lowest BCUT2D eigenvalue weighted by Crippen LogP contribution is -3.22. The van der Waals surface area contributed by atoms with Crippen LogP contribution >= 0.6 is 0 Å². The Labute approximate surface area is 147 Å². The molecule has 1 heterocycles. The lowest BCUT2D eigenvalue weighted by Gasteiger charge is -2.50. The van der Waals surface area contributed by atoms with E-state index in [4.69, 9.17) is 4.74 Å². The van der Waals surface area contributed by atoms with Crippen molar-refractivity contribution in [3.8, 4) is 0 Å². The van der Waals surface area contributed by atoms with Crippen molar-refractivity contribution in [1.82, 2.24) is 0 Å². The second-order valence-electron chi connectivity index (χ2n) is 9.46. The minimum absolute atomic E-state index is 0.115. The zero-order valence-electron chi connectivity index (χ0n) is 16.4. The van der Waals surface area contributed by atoms with Crippen LogP contribution in [0.3, 0.4) is 0 Å². The maximum absolute atomic E-state index is 12.0. The molecule has 3 nitrogen and oxygen atoms in total. The summed E-state index contributed by atoms with van der Waals surface area (Å²) in [7, 11) is 0. The van der Waals surface area contributed by atoms with Gasteiger partial charge in [0.1, 0.15) is 6.54 Å². The van der Waals surface area contributed by atoms with Crippen LogP contribution in [0.1, 0.15) is 60.5 Å². The van der Waals surface area contributed by atoms with Crippen LogP contribution in [-0.4, -0.2) is 24.6 Å². The number of likely N-dealkylation sites (tertiary alicyclic amines) is 1. The summed E-state index contributed by atoms with van der Waals surface area (Å²) in [6, 6.07) is 10.3. The molecule has 0 spiro atoms. The second kappa shape index (κ2) is 6.51. The monoisotopic (exact) mass is 332 g/mol. The van der Waals surface area contributed by atoms with Gasteiger partial charge in [-0.15, -0.1) is 0 Å². The number of quaternary nitrogens is 1. The lowest BCUT2D eigenvalue weighted by molar-refractivity contribution is -0.962. The Balaban J connectivity index is 2.52. The van der Waals surface area contributed by atoms with Crippen LogP contribution < -0.4 is 4.90 Å². The van der Waals surface area contributed by atoms with Gasteiger partial charge >= 0.3 is 5.97 Å². The van der Waals surface area contributed by atoms with E-state index in [2.05, 4.69) is 53.7 Å². The van der Waals surface area contributed by atoms with E-state index in [1.54, 1.807) is 0 Å². The molecule has 134 valence electrons. The molecule has 2 rings (SSSR count). The van der Waals surface area contributed by atoms with Crippen molar-refractivity contribution in [2.24, 2.45) is 11.3 Å². The number of esters is 1. The number of benzene rings is 1. The fourth-order valence-corrected chi connectivity index (χ4v) is 3.81. The molecule has 1 unspecified atom stereocenters. The van der Waals surface area contributed by atoms with Gasteiger partial charge in [0.15, 0.2) is 5.60 Å². The standard InChI is InChI=1S/C21H33NO2/c1-16(23)24-21(17-11-9-8-10-12-17)13-18(19(2,3)4)14-22(15-21)20(5,6)7/h8-12,18H,13-15H2,1-7H3/p+1/t18-,21-/m1/s1. The Morgan fingerprint density at radius 3 is 2.17 bits per heavy atom. The van der Waals surface area contributed by atoms with E-state index < -0.39 is 5.60 Å². The van der Waals surface area contributed by atoms with Gasteiger partial charge in [-0.1, -0.05) is 51.1 Å². The predicted molar refractivity (Wildman–Crippen MR) is 97.9 cm³/mol. The van der Waals surface area contributed by atoms with Gasteiger partial charge in [-0.3, -0.25) is 4.79 Å². The summed E-state index contributed by atoms with van der Waals surface area (Å²) in [5, 5.41) is 0. The van der Waals surface area contributed by atoms with E-state index in [0.717, 1.165) is 25.1 Å². The topological polar surface area (TPSA) is 30.7 Å². The van der Waals surface area contributed by atoms with Gasteiger partial charge in [0.05, 0.1) is 12.1 Å². The number of ether oxygens (including phenoxy) is 1. The average Bonchev–Trinajstić information content (AvgIpc) is 2.45. The predicted octanol–water partition coefficient (Wildman–Crippen LogP) is 3.19. The maximum Gasteiger partial charge on any atom is 0.303 e. The minimum Gasteiger partial charge on any atom is -0.448 e. The molecular formula is C21H34NO2+. The molecule has 3 heteroatoms. The smallest absolute Gasteiger partial charge is 0.303 e. The molecule has 0 radical (unpaired) electrons. The molecule has 1 aromatic carbocycles. The third kappa shape index (κ3) is 4.18. The third-order valence-electron chi connectivity index (χ3n) is 5.49. The largest absolute Gasteiger partial charge is 0.448 e. The van der Waals surface area contributed by atoms with E-state index >= 15 is 0 Å². The number of nitrogens with one attached hydrogen (secondary N) is 1. The first-order valence-corrected chi connectivity index (χ1v) is 9.04. The van der Waals surface area contributed by atoms with Crippen LogP contribution in [0, 0.1) is 11.3 Å². The molecule has 1 aliphatic rings. The summed E-state index contributed by atoms with van der Waals surface area (Å²) < 4.78 is 6.06. The molecule has 1 N–H and O–H groups in total. The summed E-state index contributed by atoms with van der Waals surface area (Å²) in [5.74, 6) is 0.293. The van der Waals surface area contributed by atoms with Crippen molar-refractivity contribution in [2.45, 2.75) is 66.0 Å². The normalized spacial score (nSPS) is 28.5. The molecule has 0 aromatic heterocycles. The first kappa shape index (κ1) is 19.0. The second-order valence-corrected chi connectivity index (χ2v) is 9.46. The van der Waals surface area contributed by atoms with Gasteiger partial charge in [-0.25, -0.2) is 0 Å². The van der Waals surface area contributed by atoms with Crippen molar-refractivity contribution in [3.05, 3.63) is 35.9 Å². The fraction of sp³-hybridized carbons (Fsp3) is 0.667. The molecule has 0 bridgehead atoms. The summed E-state index contributed by atoms with van der Waals surface area (Å²) in [5.41, 5.74) is 0.878. The first-order chi connectivity index (χ1) is 10.9. The van der Waals surface area contributed by atoms with Crippen LogP contribution in [0.2, 0.25) is 0 Å². The number of rotatable bonds is 2. The quantitative estimate of drug-likeness (QED) is 0.843. The zero-order chi connectivity index (χ0) is 18.2. The van der Waals surface area contributed by atoms with Crippen molar-refractivity contribution in [1.29, 1.82) is 0 Å². The number of carbonyl (C=O) groups excluding carboxylic acids is 1. The molecule has 0 amide bonds. The SMILES string of the molecule is CC(=O)O[C@]1(c2ccccc2)C[C@@H](C(C)(C)C)C[NH+](C(C)(C)C)C1. The maximum atomic E-state index is 12.0. The minimum atomic E-state index is -0.536. The Morgan fingerprint density at radius 1 is 1.12 bits per heavy atom. The Bertz CT molecular complexity index is 544. The van der Waals surface area contributed by atoms with Crippen molar-refractivity contribution in [3.63, 3.8) is 0 Å². The van der Waals surface area contributed by atoms with Crippen molar-refractivity contribution in [2.75, 3.05) is 13.1 Å². The number of carbonyl (C=O) groups is 1. The summed E-state index contributed by atoms with van der Waals surface area (Å²) in [6.45, 7) is 17.2. The van der Waals surface area contributed by atoms with Crippen molar-refractivity contribution >= 4 is 5.97 Å². The number of piperidine rings is 1. The van der Waals surface area contributed by atoms with Crippen LogP contribution in [0.5, 0.6) is 0 Å². The number of hydrogen-bond donors (Lipinski definition) is 1. The summed E-state index contributed by atoms with van der Waals surface area (Å²) >= 11 is 0. The fourth-order valence-electron chi connectivity index (χ4n) is 3.81. The van der Waals surface area contributed by atoms with Crippen LogP contribution in [-0.2, 0) is 15.1 Å². The molecule has 1 aliphatic heterocycles. The highest BCUT2D eigenvalue weighted by molar-refractivity contribution is 5.67. The van der Waals surface area contributed by atoms with Gasteiger partial charge in [-0.05, 0) is 26.2 Å². The summed E-state index contributed by atoms with van der Waals surface area (Å²) in [6.07, 6.45) is 0.889. The molecule has 3 atom stereocenters. The Hall–Kier alpha value is -1.35. The highest BCUT2D eigenvalue weighted by atomic mass is 16.6. The van der Waals surface area contributed by atoms with Crippen LogP contribution in [0.4, 0.5) is 0 Å². The Morgan fingerprint density at radius 2 is 1.71 bits per heavy atom. The average molecular weight is 333 g/mol. The molecule has 0 saturated carbocycles. The zero-order valence-corrected chi connectivity index (χ0v) is 16.4. The molecular weight excluding hydrogens is 298 g/mol. The summed E-state index contributed by atoms with van der Waals surface area (Å²) in [4.78, 5) is 13.5. The van der Waals surface area contributed by atoms with E-state index in [1.165, 1.54) is 11.8 Å². The highest BCUT2D eigenvalue weighted by Gasteiger charge is 2.51. The van der Waals surface area contributed by atoms with Gasteiger partial charge < -0.3 is 9.64 Å². The molecule has 1 saturated heterocycles. The molecule has 24 heavy (non-hydrogen) atoms. The van der Waals surface area contributed by atoms with Gasteiger partial charge in [0.2, 0.25) is 0 Å². The van der Waals surface area contributed by atoms with Gasteiger partial charge in [-0.2, -0.15) is 0 Å². The van der Waals surface area contributed by atoms with E-state index in [-0.39, 0.29) is 16.9 Å². The van der Waals surface area contributed by atoms with E-state index in [0.29, 0.717) is 5.92 Å². The van der Waals surface area contributed by atoms with Gasteiger partial charge in [0, 0.05) is 24.8 Å². The third-order valence-corrected chi connectivity index (χ3v) is 5.49. The van der Waals surface area contributed by atoms with E-state index in [9.17, 15) is 4.79 Å². The highest BCUT2D eigenvalue weighted by Crippen LogP contribution is 2.40.